The van der Waals surface area contributed by atoms with Gasteiger partial charge in [0.25, 0.3) is 0 Å². The van der Waals surface area contributed by atoms with E-state index in [1.165, 1.54) is 30.7 Å². The summed E-state index contributed by atoms with van der Waals surface area (Å²) in [7, 11) is -3.71. The lowest BCUT2D eigenvalue weighted by Crippen LogP contribution is -2.40. The Bertz CT molecular complexity index is 857. The van der Waals surface area contributed by atoms with E-state index in [2.05, 4.69) is 9.62 Å². The number of esters is 1. The van der Waals surface area contributed by atoms with Crippen LogP contribution in [0.5, 0.6) is 0 Å². The van der Waals surface area contributed by atoms with E-state index in [1.807, 2.05) is 12.1 Å². The molecule has 1 aromatic carbocycles. The molecule has 152 valence electrons. The Hall–Kier alpha value is -2.16. The van der Waals surface area contributed by atoms with Gasteiger partial charge in [0, 0.05) is 6.54 Å². The molecule has 1 atom stereocenters. The molecule has 0 aliphatic carbocycles. The summed E-state index contributed by atoms with van der Waals surface area (Å²) in [5.41, 5.74) is 0.322. The average molecular weight is 407 g/mol. The van der Waals surface area contributed by atoms with Crippen molar-refractivity contribution in [3.8, 4) is 0 Å². The van der Waals surface area contributed by atoms with Crippen LogP contribution in [0.4, 0.5) is 0 Å². The Morgan fingerprint density at radius 1 is 1.18 bits per heavy atom. The standard InChI is InChI=1S/C20H26N2O5S/c1-2-26-20(23)16-8-10-17(11-9-16)28(24,25)21-15-18(19-7-6-14-27-19)22-12-4-3-5-13-22/h6-11,14,18,21H,2-5,12-13,15H2,1H3. The summed E-state index contributed by atoms with van der Waals surface area (Å²) >= 11 is 0. The van der Waals surface area contributed by atoms with Crippen LogP contribution in [0, 0.1) is 0 Å². The highest BCUT2D eigenvalue weighted by molar-refractivity contribution is 7.89. The largest absolute Gasteiger partial charge is 0.468 e. The SMILES string of the molecule is CCOC(=O)c1ccc(S(=O)(=O)NCC(c2ccco2)N2CCCCC2)cc1. The van der Waals surface area contributed by atoms with Crippen molar-refractivity contribution in [1.82, 2.24) is 9.62 Å². The van der Waals surface area contributed by atoms with Crippen molar-refractivity contribution < 1.29 is 22.4 Å². The summed E-state index contributed by atoms with van der Waals surface area (Å²) in [5.74, 6) is 0.282. The van der Waals surface area contributed by atoms with Crippen LogP contribution in [0.2, 0.25) is 0 Å². The molecular weight excluding hydrogens is 380 g/mol. The fraction of sp³-hybridized carbons (Fsp3) is 0.450. The normalized spacial score (nSPS) is 16.6. The second-order valence-corrected chi connectivity index (χ2v) is 8.49. The van der Waals surface area contributed by atoms with Crippen LogP contribution in [-0.4, -0.2) is 45.5 Å². The van der Waals surface area contributed by atoms with Gasteiger partial charge in [0.05, 0.1) is 29.4 Å². The quantitative estimate of drug-likeness (QED) is 0.678. The van der Waals surface area contributed by atoms with Crippen molar-refractivity contribution in [2.75, 3.05) is 26.2 Å². The molecule has 1 saturated heterocycles. The fourth-order valence-electron chi connectivity index (χ4n) is 3.38. The van der Waals surface area contributed by atoms with Crippen LogP contribution in [0.15, 0.2) is 52.0 Å². The van der Waals surface area contributed by atoms with Gasteiger partial charge in [0.15, 0.2) is 0 Å². The molecule has 7 nitrogen and oxygen atoms in total. The van der Waals surface area contributed by atoms with E-state index in [9.17, 15) is 13.2 Å². The minimum atomic E-state index is -3.71. The number of rotatable bonds is 8. The monoisotopic (exact) mass is 406 g/mol. The number of carbonyl (C=O) groups excluding carboxylic acids is 1. The van der Waals surface area contributed by atoms with E-state index in [4.69, 9.17) is 9.15 Å². The van der Waals surface area contributed by atoms with Gasteiger partial charge in [-0.05, 0) is 69.3 Å². The van der Waals surface area contributed by atoms with Crippen molar-refractivity contribution in [3.05, 3.63) is 54.0 Å². The first-order valence-electron chi connectivity index (χ1n) is 9.55. The van der Waals surface area contributed by atoms with E-state index >= 15 is 0 Å². The Kier molecular flexibility index (Phi) is 6.88. The van der Waals surface area contributed by atoms with Gasteiger partial charge in [-0.25, -0.2) is 17.9 Å². The number of nitrogens with zero attached hydrogens (tertiary/aromatic N) is 1. The molecule has 2 aromatic rings. The summed E-state index contributed by atoms with van der Waals surface area (Å²) in [6.07, 6.45) is 4.99. The molecular formula is C20H26N2O5S. The van der Waals surface area contributed by atoms with Crippen LogP contribution >= 0.6 is 0 Å². The molecule has 0 spiro atoms. The third-order valence-electron chi connectivity index (χ3n) is 4.85. The zero-order valence-electron chi connectivity index (χ0n) is 16.0. The lowest BCUT2D eigenvalue weighted by Gasteiger charge is -2.33. The van der Waals surface area contributed by atoms with Gasteiger partial charge >= 0.3 is 5.97 Å². The molecule has 0 bridgehead atoms. The summed E-state index contributed by atoms with van der Waals surface area (Å²) < 4.78 is 38.6. The third-order valence-corrected chi connectivity index (χ3v) is 6.28. The molecule has 3 rings (SSSR count). The molecule has 1 aliphatic heterocycles. The molecule has 1 N–H and O–H groups in total. The van der Waals surface area contributed by atoms with Crippen molar-refractivity contribution >= 4 is 16.0 Å². The lowest BCUT2D eigenvalue weighted by molar-refractivity contribution is 0.0526. The maximum absolute atomic E-state index is 12.7. The molecule has 1 aliphatic rings. The predicted octanol–water partition coefficient (Wildman–Crippen LogP) is 2.96. The average Bonchev–Trinajstić information content (AvgIpc) is 3.24. The fourth-order valence-corrected chi connectivity index (χ4v) is 4.42. The van der Waals surface area contributed by atoms with Crippen LogP contribution in [-0.2, 0) is 14.8 Å². The molecule has 8 heteroatoms. The van der Waals surface area contributed by atoms with E-state index < -0.39 is 16.0 Å². The van der Waals surface area contributed by atoms with Crippen molar-refractivity contribution in [2.45, 2.75) is 37.1 Å². The highest BCUT2D eigenvalue weighted by atomic mass is 32.2. The van der Waals surface area contributed by atoms with E-state index in [0.717, 1.165) is 31.7 Å². The number of furan rings is 1. The highest BCUT2D eigenvalue weighted by Gasteiger charge is 2.26. The van der Waals surface area contributed by atoms with Gasteiger partial charge in [0.2, 0.25) is 10.0 Å². The highest BCUT2D eigenvalue weighted by Crippen LogP contribution is 2.25. The Balaban J connectivity index is 1.70. The van der Waals surface area contributed by atoms with E-state index in [-0.39, 0.29) is 24.1 Å². The zero-order valence-corrected chi connectivity index (χ0v) is 16.8. The van der Waals surface area contributed by atoms with E-state index in [0.29, 0.717) is 5.56 Å². The third kappa shape index (κ3) is 5.01. The summed E-state index contributed by atoms with van der Waals surface area (Å²) in [4.78, 5) is 14.1. The summed E-state index contributed by atoms with van der Waals surface area (Å²) in [6.45, 7) is 4.04. The van der Waals surface area contributed by atoms with Crippen molar-refractivity contribution in [1.29, 1.82) is 0 Å². The smallest absolute Gasteiger partial charge is 0.338 e. The number of piperidine rings is 1. The second kappa shape index (κ2) is 9.36. The summed E-state index contributed by atoms with van der Waals surface area (Å²) in [5, 5.41) is 0. The van der Waals surface area contributed by atoms with Crippen LogP contribution in [0.25, 0.3) is 0 Å². The molecule has 0 saturated carbocycles. The number of benzene rings is 1. The second-order valence-electron chi connectivity index (χ2n) is 6.72. The number of nitrogens with one attached hydrogen (secondary N) is 1. The molecule has 28 heavy (non-hydrogen) atoms. The minimum absolute atomic E-state index is 0.109. The van der Waals surface area contributed by atoms with Crippen molar-refractivity contribution in [2.24, 2.45) is 0 Å². The van der Waals surface area contributed by atoms with Gasteiger partial charge in [-0.3, -0.25) is 4.90 Å². The minimum Gasteiger partial charge on any atom is -0.468 e. The number of sulfonamides is 1. The summed E-state index contributed by atoms with van der Waals surface area (Å²) in [6, 6.07) is 9.29. The Morgan fingerprint density at radius 3 is 2.50 bits per heavy atom. The van der Waals surface area contributed by atoms with Gasteiger partial charge in [-0.15, -0.1) is 0 Å². The first kappa shape index (κ1) is 20.6. The van der Waals surface area contributed by atoms with Crippen LogP contribution in [0.3, 0.4) is 0 Å². The first-order valence-corrected chi connectivity index (χ1v) is 11.0. The Labute approximate surface area is 165 Å². The van der Waals surface area contributed by atoms with Crippen molar-refractivity contribution in [3.63, 3.8) is 0 Å². The molecule has 1 aromatic heterocycles. The first-order chi connectivity index (χ1) is 13.5. The van der Waals surface area contributed by atoms with Gasteiger partial charge < -0.3 is 9.15 Å². The van der Waals surface area contributed by atoms with Crippen LogP contribution in [0.1, 0.15) is 48.3 Å². The molecule has 1 fully saturated rings. The Morgan fingerprint density at radius 2 is 1.89 bits per heavy atom. The van der Waals surface area contributed by atoms with E-state index in [1.54, 1.807) is 13.2 Å². The molecule has 0 amide bonds. The molecule has 1 unspecified atom stereocenters. The number of carbonyl (C=O) groups is 1. The number of hydrogen-bond donors (Lipinski definition) is 1. The van der Waals surface area contributed by atoms with Crippen LogP contribution < -0.4 is 4.72 Å². The number of ether oxygens (including phenoxy) is 1. The number of hydrogen-bond acceptors (Lipinski definition) is 6. The van der Waals surface area contributed by atoms with Gasteiger partial charge in [-0.2, -0.15) is 0 Å². The zero-order chi connectivity index (χ0) is 20.0. The van der Waals surface area contributed by atoms with Gasteiger partial charge in [0.1, 0.15) is 5.76 Å². The lowest BCUT2D eigenvalue weighted by atomic mass is 10.1. The topological polar surface area (TPSA) is 88.8 Å². The number of likely N-dealkylation sites (tertiary alicyclic amines) is 1. The molecule has 0 radical (unpaired) electrons. The predicted molar refractivity (Wildman–Crippen MR) is 104 cm³/mol. The van der Waals surface area contributed by atoms with Gasteiger partial charge in [-0.1, -0.05) is 6.42 Å². The molecule has 2 heterocycles. The maximum Gasteiger partial charge on any atom is 0.338 e. The maximum atomic E-state index is 12.7.